The molecule has 3 rings (SSSR count). The summed E-state index contributed by atoms with van der Waals surface area (Å²) in [5.74, 6) is -3.83. The van der Waals surface area contributed by atoms with Crippen molar-refractivity contribution >= 4 is 40.8 Å². The Kier molecular flexibility index (Phi) is 4.85. The van der Waals surface area contributed by atoms with Gasteiger partial charge in [-0.15, -0.1) is 0 Å². The summed E-state index contributed by atoms with van der Waals surface area (Å²) in [7, 11) is 0. The molecule has 134 valence electrons. The highest BCUT2D eigenvalue weighted by atomic mass is 35.5. The largest absolute Gasteiger partial charge is 0.336 e. The number of urea groups is 1. The minimum Gasteiger partial charge on any atom is -0.336 e. The number of carbonyl (C=O) groups is 3. The third-order valence-electron chi connectivity index (χ3n) is 3.77. The number of halogens is 3. The molecule has 0 aromatic heterocycles. The quantitative estimate of drug-likeness (QED) is 0.805. The lowest BCUT2D eigenvalue weighted by Crippen LogP contribution is -2.58. The Morgan fingerprint density at radius 1 is 1.15 bits per heavy atom. The van der Waals surface area contributed by atoms with Crippen LogP contribution in [-0.2, 0) is 9.59 Å². The van der Waals surface area contributed by atoms with Gasteiger partial charge < -0.3 is 10.6 Å². The van der Waals surface area contributed by atoms with E-state index in [1.165, 1.54) is 24.3 Å². The first-order valence-electron chi connectivity index (χ1n) is 7.50. The van der Waals surface area contributed by atoms with Crippen molar-refractivity contribution in [1.82, 2.24) is 5.32 Å². The van der Waals surface area contributed by atoms with E-state index in [1.54, 1.807) is 0 Å². The van der Waals surface area contributed by atoms with Gasteiger partial charge >= 0.3 is 6.03 Å². The molecule has 1 heterocycles. The Labute approximate surface area is 151 Å². The lowest BCUT2D eigenvalue weighted by molar-refractivity contribution is -0.130. The van der Waals surface area contributed by atoms with Crippen molar-refractivity contribution < 1.29 is 23.2 Å². The van der Waals surface area contributed by atoms with Gasteiger partial charge in [0.05, 0.1) is 10.7 Å². The van der Waals surface area contributed by atoms with E-state index in [4.69, 9.17) is 11.6 Å². The van der Waals surface area contributed by atoms with Crippen molar-refractivity contribution in [2.24, 2.45) is 5.92 Å². The van der Waals surface area contributed by atoms with Crippen molar-refractivity contribution in [3.05, 3.63) is 59.1 Å². The second-order valence-corrected chi connectivity index (χ2v) is 5.91. The van der Waals surface area contributed by atoms with Crippen LogP contribution in [0, 0.1) is 17.6 Å². The Hall–Kier alpha value is -3.00. The summed E-state index contributed by atoms with van der Waals surface area (Å²) in [5.41, 5.74) is 0.343. The topological polar surface area (TPSA) is 78.5 Å². The maximum atomic E-state index is 13.2. The van der Waals surface area contributed by atoms with Crippen LogP contribution >= 0.6 is 11.6 Å². The molecule has 1 aliphatic rings. The van der Waals surface area contributed by atoms with Crippen LogP contribution in [0.4, 0.5) is 25.0 Å². The molecule has 1 fully saturated rings. The molecule has 1 unspecified atom stereocenters. The van der Waals surface area contributed by atoms with Crippen LogP contribution in [0.25, 0.3) is 0 Å². The number of amides is 4. The number of hydrogen-bond acceptors (Lipinski definition) is 3. The molecular weight excluding hydrogens is 368 g/mol. The summed E-state index contributed by atoms with van der Waals surface area (Å²) in [6, 6.07) is 7.57. The van der Waals surface area contributed by atoms with Crippen LogP contribution in [0.1, 0.15) is 0 Å². The molecule has 0 bridgehead atoms. The predicted molar refractivity (Wildman–Crippen MR) is 90.8 cm³/mol. The van der Waals surface area contributed by atoms with Crippen LogP contribution < -0.4 is 15.5 Å². The number of benzene rings is 2. The van der Waals surface area contributed by atoms with Gasteiger partial charge in [0.1, 0.15) is 17.6 Å². The van der Waals surface area contributed by atoms with E-state index in [0.29, 0.717) is 0 Å². The van der Waals surface area contributed by atoms with Gasteiger partial charge in [0.25, 0.3) is 0 Å². The molecular formula is C17H12ClF2N3O3. The van der Waals surface area contributed by atoms with Crippen molar-refractivity contribution in [2.75, 3.05) is 16.8 Å². The zero-order valence-corrected chi connectivity index (χ0v) is 13.9. The summed E-state index contributed by atoms with van der Waals surface area (Å²) in [6.45, 7) is -0.198. The zero-order chi connectivity index (χ0) is 18.8. The molecule has 6 nitrogen and oxygen atoms in total. The highest BCUT2D eigenvalue weighted by molar-refractivity contribution is 6.31. The van der Waals surface area contributed by atoms with Gasteiger partial charge in [0.15, 0.2) is 0 Å². The highest BCUT2D eigenvalue weighted by Gasteiger charge is 2.39. The number of hydrogen-bond donors (Lipinski definition) is 2. The van der Waals surface area contributed by atoms with Gasteiger partial charge in [0, 0.05) is 12.2 Å². The first-order valence-corrected chi connectivity index (χ1v) is 7.88. The second-order valence-electron chi connectivity index (χ2n) is 5.51. The molecule has 2 N–H and O–H groups in total. The molecule has 26 heavy (non-hydrogen) atoms. The minimum absolute atomic E-state index is 0.135. The minimum atomic E-state index is -1.21. The first kappa shape index (κ1) is 17.8. The summed E-state index contributed by atoms with van der Waals surface area (Å²) in [4.78, 5) is 37.8. The van der Waals surface area contributed by atoms with E-state index in [-0.39, 0.29) is 22.9 Å². The Balaban J connectivity index is 1.80. The highest BCUT2D eigenvalue weighted by Crippen LogP contribution is 2.23. The molecule has 1 aliphatic heterocycles. The fourth-order valence-electron chi connectivity index (χ4n) is 2.45. The van der Waals surface area contributed by atoms with Crippen molar-refractivity contribution in [2.45, 2.75) is 0 Å². The Bertz CT molecular complexity index is 889. The van der Waals surface area contributed by atoms with Crippen LogP contribution in [-0.4, -0.2) is 24.4 Å². The van der Waals surface area contributed by atoms with Crippen LogP contribution in [0.15, 0.2) is 42.5 Å². The first-order chi connectivity index (χ1) is 12.4. The summed E-state index contributed by atoms with van der Waals surface area (Å²) in [5, 5.41) is 4.71. The average Bonchev–Trinajstić information content (AvgIpc) is 2.60. The van der Waals surface area contributed by atoms with E-state index in [2.05, 4.69) is 10.6 Å². The van der Waals surface area contributed by atoms with Crippen LogP contribution in [0.3, 0.4) is 0 Å². The lowest BCUT2D eigenvalue weighted by Gasteiger charge is -2.30. The third-order valence-corrected chi connectivity index (χ3v) is 4.06. The summed E-state index contributed by atoms with van der Waals surface area (Å²) >= 11 is 5.66. The van der Waals surface area contributed by atoms with E-state index < -0.39 is 35.4 Å². The molecule has 0 aliphatic carbocycles. The molecule has 1 atom stereocenters. The van der Waals surface area contributed by atoms with Gasteiger partial charge in [-0.25, -0.2) is 18.5 Å². The number of nitrogens with zero attached hydrogens (tertiary/aromatic N) is 1. The Morgan fingerprint density at radius 3 is 2.50 bits per heavy atom. The third kappa shape index (κ3) is 3.50. The molecule has 2 aromatic rings. The number of imide groups is 1. The van der Waals surface area contributed by atoms with E-state index in [0.717, 1.165) is 23.1 Å². The predicted octanol–water partition coefficient (Wildman–Crippen LogP) is 2.93. The van der Waals surface area contributed by atoms with Crippen molar-refractivity contribution in [1.29, 1.82) is 0 Å². The maximum Gasteiger partial charge on any atom is 0.328 e. The summed E-state index contributed by atoms with van der Waals surface area (Å²) < 4.78 is 26.2. The molecule has 4 amide bonds. The SMILES string of the molecule is O=C(Nc1ccc(F)c(Cl)c1)C1CNC(=O)N(c2ccc(F)cc2)C1=O. The van der Waals surface area contributed by atoms with Crippen LogP contribution in [0.5, 0.6) is 0 Å². The van der Waals surface area contributed by atoms with E-state index in [1.807, 2.05) is 0 Å². The normalized spacial score (nSPS) is 17.0. The van der Waals surface area contributed by atoms with Gasteiger partial charge in [-0.05, 0) is 42.5 Å². The van der Waals surface area contributed by atoms with Gasteiger partial charge in [0.2, 0.25) is 11.8 Å². The molecule has 9 heteroatoms. The van der Waals surface area contributed by atoms with Crippen molar-refractivity contribution in [3.63, 3.8) is 0 Å². The number of nitrogens with one attached hydrogen (secondary N) is 2. The fraction of sp³-hybridized carbons (Fsp3) is 0.118. The van der Waals surface area contributed by atoms with Gasteiger partial charge in [-0.1, -0.05) is 11.6 Å². The smallest absolute Gasteiger partial charge is 0.328 e. The molecule has 0 radical (unpaired) electrons. The zero-order valence-electron chi connectivity index (χ0n) is 13.1. The molecule has 0 saturated carbocycles. The maximum absolute atomic E-state index is 13.2. The monoisotopic (exact) mass is 379 g/mol. The molecule has 1 saturated heterocycles. The standard InChI is InChI=1S/C17H12ClF2N3O3/c18-13-7-10(3-6-14(13)20)22-15(24)12-8-21-17(26)23(16(12)25)11-4-1-9(19)2-5-11/h1-7,12H,8H2,(H,21,26)(H,22,24). The van der Waals surface area contributed by atoms with Gasteiger partial charge in [-0.3, -0.25) is 9.59 Å². The Morgan fingerprint density at radius 2 is 1.85 bits per heavy atom. The number of rotatable bonds is 3. The molecule has 2 aromatic carbocycles. The fourth-order valence-corrected chi connectivity index (χ4v) is 2.63. The summed E-state index contributed by atoms with van der Waals surface area (Å²) in [6.07, 6.45) is 0. The average molecular weight is 380 g/mol. The number of anilines is 2. The van der Waals surface area contributed by atoms with E-state index >= 15 is 0 Å². The second kappa shape index (κ2) is 7.09. The van der Waals surface area contributed by atoms with Crippen molar-refractivity contribution in [3.8, 4) is 0 Å². The van der Waals surface area contributed by atoms with Gasteiger partial charge in [-0.2, -0.15) is 0 Å². The van der Waals surface area contributed by atoms with E-state index in [9.17, 15) is 23.2 Å². The molecule has 0 spiro atoms. The van der Waals surface area contributed by atoms with Crippen LogP contribution in [0.2, 0.25) is 5.02 Å². The number of carbonyl (C=O) groups excluding carboxylic acids is 3. The lowest BCUT2D eigenvalue weighted by atomic mass is 10.0.